The van der Waals surface area contributed by atoms with Gasteiger partial charge in [0.05, 0.1) is 0 Å². The topological polar surface area (TPSA) is 99.1 Å². The van der Waals surface area contributed by atoms with Crippen LogP contribution in [0.1, 0.15) is 92.6 Å². The van der Waals surface area contributed by atoms with Crippen molar-refractivity contribution in [1.29, 1.82) is 0 Å². The van der Waals surface area contributed by atoms with Crippen LogP contribution in [-0.2, 0) is 22.7 Å². The Hall–Kier alpha value is -2.90. The van der Waals surface area contributed by atoms with Crippen LogP contribution >= 0.6 is 0 Å². The van der Waals surface area contributed by atoms with Gasteiger partial charge in [-0.05, 0) is 41.8 Å². The van der Waals surface area contributed by atoms with Crippen LogP contribution in [0.5, 0.6) is 5.75 Å². The van der Waals surface area contributed by atoms with Crippen LogP contribution in [0.4, 0.5) is 0 Å². The van der Waals surface area contributed by atoms with E-state index in [0.717, 1.165) is 24.0 Å². The molecule has 0 heterocycles. The molecule has 0 aliphatic heterocycles. The molecule has 0 aliphatic rings. The van der Waals surface area contributed by atoms with Crippen molar-refractivity contribution in [3.05, 3.63) is 65.2 Å². The molecular weight excluding hydrogens is 456 g/mol. The number of hydrogen-bond acceptors (Lipinski definition) is 5. The maximum absolute atomic E-state index is 12.5. The van der Waals surface area contributed by atoms with E-state index in [-0.39, 0.29) is 11.7 Å². The molecule has 0 unspecified atom stereocenters. The van der Waals surface area contributed by atoms with Crippen molar-refractivity contribution in [2.75, 3.05) is 13.2 Å². The van der Waals surface area contributed by atoms with E-state index in [4.69, 9.17) is 9.94 Å². The number of amides is 1. The summed E-state index contributed by atoms with van der Waals surface area (Å²) in [5, 5.41) is 23.0. The predicted molar refractivity (Wildman–Crippen MR) is 142 cm³/mol. The monoisotopic (exact) mass is 498 g/mol. The number of aliphatic carboxylic acids is 1. The first kappa shape index (κ1) is 29.3. The molecule has 0 fully saturated rings. The van der Waals surface area contributed by atoms with Crippen LogP contribution in [0.2, 0.25) is 0 Å². The van der Waals surface area contributed by atoms with Gasteiger partial charge in [-0.2, -0.15) is 5.06 Å². The molecule has 7 heteroatoms. The average Bonchev–Trinajstić information content (AvgIpc) is 2.87. The summed E-state index contributed by atoms with van der Waals surface area (Å²) in [6.45, 7) is 3.19. The molecule has 0 aliphatic carbocycles. The molecule has 0 saturated heterocycles. The van der Waals surface area contributed by atoms with Gasteiger partial charge in [0.15, 0.2) is 6.61 Å². The Morgan fingerprint density at radius 1 is 0.778 bits per heavy atom. The lowest BCUT2D eigenvalue weighted by molar-refractivity contribution is -0.190. The quantitative estimate of drug-likeness (QED) is 0.161. The number of hydroxylamine groups is 2. The molecule has 7 nitrogen and oxygen atoms in total. The normalized spacial score (nSPS) is 11.1. The van der Waals surface area contributed by atoms with Crippen molar-refractivity contribution in [3.8, 4) is 5.75 Å². The molecule has 0 radical (unpaired) electrons. The molecule has 0 atom stereocenters. The number of carbonyl (C=O) groups excluding carboxylic acids is 1. The van der Waals surface area contributed by atoms with E-state index < -0.39 is 12.6 Å². The summed E-state index contributed by atoms with van der Waals surface area (Å²) in [5.41, 5.74) is 2.37. The highest BCUT2D eigenvalue weighted by molar-refractivity contribution is 5.94. The minimum absolute atomic E-state index is 0.0828. The number of phenolic OH excluding ortho intramolecular Hbond substituents is 1. The van der Waals surface area contributed by atoms with Gasteiger partial charge in [-0.1, -0.05) is 89.0 Å². The molecule has 198 valence electrons. The van der Waals surface area contributed by atoms with Gasteiger partial charge in [0.1, 0.15) is 5.75 Å². The lowest BCUT2D eigenvalue weighted by Gasteiger charge is -2.21. The Morgan fingerprint density at radius 2 is 1.28 bits per heavy atom. The Bertz CT molecular complexity index is 884. The van der Waals surface area contributed by atoms with Crippen LogP contribution in [-0.4, -0.2) is 40.3 Å². The largest absolute Gasteiger partial charge is 0.508 e. The van der Waals surface area contributed by atoms with Crippen LogP contribution in [0.25, 0.3) is 0 Å². The van der Waals surface area contributed by atoms with Crippen molar-refractivity contribution in [2.45, 2.75) is 84.2 Å². The van der Waals surface area contributed by atoms with Gasteiger partial charge >= 0.3 is 5.97 Å². The van der Waals surface area contributed by atoms with Crippen molar-refractivity contribution in [3.63, 3.8) is 0 Å². The summed E-state index contributed by atoms with van der Waals surface area (Å²) >= 11 is 0. The second-order valence-electron chi connectivity index (χ2n) is 9.27. The maximum atomic E-state index is 12.5. The van der Waals surface area contributed by atoms with Crippen molar-refractivity contribution >= 4 is 11.9 Å². The number of aromatic hydroxyl groups is 1. The fourth-order valence-electron chi connectivity index (χ4n) is 3.98. The number of rotatable bonds is 19. The van der Waals surface area contributed by atoms with Gasteiger partial charge in [0, 0.05) is 25.2 Å². The first-order chi connectivity index (χ1) is 17.5. The zero-order valence-electron chi connectivity index (χ0n) is 21.6. The molecule has 0 saturated carbocycles. The number of phenols is 1. The molecule has 2 rings (SSSR count). The predicted octanol–water partition coefficient (Wildman–Crippen LogP) is 6.06. The van der Waals surface area contributed by atoms with Crippen LogP contribution in [0.15, 0.2) is 48.5 Å². The fraction of sp³-hybridized carbons (Fsp3) is 0.517. The minimum atomic E-state index is -1.06. The number of carbonyl (C=O) groups is 2. The summed E-state index contributed by atoms with van der Waals surface area (Å²) in [6, 6.07) is 13.9. The van der Waals surface area contributed by atoms with E-state index in [9.17, 15) is 14.7 Å². The number of hydrogen-bond donors (Lipinski definition) is 3. The summed E-state index contributed by atoms with van der Waals surface area (Å²) in [4.78, 5) is 28.8. The van der Waals surface area contributed by atoms with E-state index >= 15 is 0 Å². The van der Waals surface area contributed by atoms with E-state index in [1.807, 2.05) is 12.1 Å². The van der Waals surface area contributed by atoms with Gasteiger partial charge in [-0.3, -0.25) is 9.63 Å². The maximum Gasteiger partial charge on any atom is 0.331 e. The third-order valence-corrected chi connectivity index (χ3v) is 6.06. The third kappa shape index (κ3) is 12.7. The third-order valence-electron chi connectivity index (χ3n) is 6.06. The Labute approximate surface area is 215 Å². The van der Waals surface area contributed by atoms with Crippen molar-refractivity contribution in [1.82, 2.24) is 10.4 Å². The molecule has 0 aromatic heterocycles. The molecule has 0 spiro atoms. The number of carboxylic acids is 1. The minimum Gasteiger partial charge on any atom is -0.508 e. The molecular formula is C29H42N2O5. The average molecular weight is 499 g/mol. The Balaban J connectivity index is 1.71. The van der Waals surface area contributed by atoms with Crippen LogP contribution < -0.4 is 5.32 Å². The second kappa shape index (κ2) is 17.5. The SMILES string of the molecule is CCCCCCCCCCCCNC(=O)c1ccc(CN(Cc2ccc(O)cc2)OCC(=O)O)cc1. The summed E-state index contributed by atoms with van der Waals surface area (Å²) in [5.74, 6) is -0.973. The smallest absolute Gasteiger partial charge is 0.331 e. The number of carboxylic acid groups (broad SMARTS) is 1. The van der Waals surface area contributed by atoms with Crippen LogP contribution in [0, 0.1) is 0 Å². The number of unbranched alkanes of at least 4 members (excludes halogenated alkanes) is 9. The van der Waals surface area contributed by atoms with Gasteiger partial charge in [0.25, 0.3) is 5.91 Å². The highest BCUT2D eigenvalue weighted by Gasteiger charge is 2.12. The highest BCUT2D eigenvalue weighted by atomic mass is 16.7. The van der Waals surface area contributed by atoms with Crippen molar-refractivity contribution < 1.29 is 24.6 Å². The molecule has 0 bridgehead atoms. The molecule has 2 aromatic carbocycles. The first-order valence-corrected chi connectivity index (χ1v) is 13.2. The van der Waals surface area contributed by atoms with Gasteiger partial charge in [-0.15, -0.1) is 0 Å². The van der Waals surface area contributed by atoms with Gasteiger partial charge in [0.2, 0.25) is 0 Å². The lowest BCUT2D eigenvalue weighted by Crippen LogP contribution is -2.26. The second-order valence-corrected chi connectivity index (χ2v) is 9.27. The van der Waals surface area contributed by atoms with Gasteiger partial charge in [-0.25, -0.2) is 4.79 Å². The van der Waals surface area contributed by atoms with E-state index in [0.29, 0.717) is 25.2 Å². The summed E-state index contributed by atoms with van der Waals surface area (Å²) in [7, 11) is 0. The number of nitrogens with zero attached hydrogens (tertiary/aromatic N) is 1. The summed E-state index contributed by atoms with van der Waals surface area (Å²) in [6.07, 6.45) is 12.7. The Kier molecular flexibility index (Phi) is 14.3. The lowest BCUT2D eigenvalue weighted by atomic mass is 10.1. The molecule has 3 N–H and O–H groups in total. The summed E-state index contributed by atoms with van der Waals surface area (Å²) < 4.78 is 0. The zero-order valence-corrected chi connectivity index (χ0v) is 21.6. The highest BCUT2D eigenvalue weighted by Crippen LogP contribution is 2.15. The van der Waals surface area contributed by atoms with E-state index in [2.05, 4.69) is 12.2 Å². The number of benzene rings is 2. The van der Waals surface area contributed by atoms with Crippen LogP contribution in [0.3, 0.4) is 0 Å². The van der Waals surface area contributed by atoms with Crippen molar-refractivity contribution in [2.24, 2.45) is 0 Å². The molecule has 1 amide bonds. The Morgan fingerprint density at radius 3 is 1.81 bits per heavy atom. The fourth-order valence-corrected chi connectivity index (χ4v) is 3.98. The zero-order chi connectivity index (χ0) is 26.0. The van der Waals surface area contributed by atoms with E-state index in [1.54, 1.807) is 41.5 Å². The van der Waals surface area contributed by atoms with Gasteiger partial charge < -0.3 is 15.5 Å². The first-order valence-electron chi connectivity index (χ1n) is 13.2. The standard InChI is InChI=1S/C29H42N2O5/c1-2-3-4-5-6-7-8-9-10-11-20-30-29(35)26-16-12-24(13-17-26)21-31(36-23-28(33)34)22-25-14-18-27(32)19-15-25/h12-19,32H,2-11,20-23H2,1H3,(H,30,35)(H,33,34). The molecule has 36 heavy (non-hydrogen) atoms. The molecule has 2 aromatic rings. The number of nitrogens with one attached hydrogen (secondary N) is 1. The van der Waals surface area contributed by atoms with E-state index in [1.165, 1.54) is 51.4 Å².